The number of carbonyl (C=O) groups is 1. The average molecular weight is 388 g/mol. The predicted molar refractivity (Wildman–Crippen MR) is 108 cm³/mol. The molecule has 0 saturated carbocycles. The Hall–Kier alpha value is -3.45. The van der Waals surface area contributed by atoms with Gasteiger partial charge in [0.15, 0.2) is 0 Å². The lowest BCUT2D eigenvalue weighted by atomic mass is 10.1. The van der Waals surface area contributed by atoms with Crippen LogP contribution in [-0.2, 0) is 13.2 Å². The maximum Gasteiger partial charge on any atom is 0.268 e. The van der Waals surface area contributed by atoms with E-state index in [0.717, 1.165) is 27.3 Å². The highest BCUT2D eigenvalue weighted by Crippen LogP contribution is 2.42. The lowest BCUT2D eigenvalue weighted by Crippen LogP contribution is -2.12. The van der Waals surface area contributed by atoms with Crippen LogP contribution in [0, 0.1) is 0 Å². The van der Waals surface area contributed by atoms with Crippen molar-refractivity contribution in [1.82, 2.24) is 14.8 Å². The summed E-state index contributed by atoms with van der Waals surface area (Å²) in [4.78, 5) is 18.6. The van der Waals surface area contributed by atoms with Crippen molar-refractivity contribution < 1.29 is 9.53 Å². The van der Waals surface area contributed by atoms with Crippen molar-refractivity contribution in [2.45, 2.75) is 13.2 Å². The van der Waals surface area contributed by atoms with Crippen LogP contribution in [0.3, 0.4) is 0 Å². The monoisotopic (exact) mass is 388 g/mol. The van der Waals surface area contributed by atoms with Crippen LogP contribution in [0.1, 0.15) is 20.8 Å². The first kappa shape index (κ1) is 16.7. The molecule has 0 radical (unpaired) electrons. The van der Waals surface area contributed by atoms with Gasteiger partial charge in [0.25, 0.3) is 5.91 Å². The van der Waals surface area contributed by atoms with E-state index in [9.17, 15) is 4.79 Å². The summed E-state index contributed by atoms with van der Waals surface area (Å²) in [6, 6.07) is 19.7. The number of thiophene rings is 1. The van der Waals surface area contributed by atoms with Gasteiger partial charge >= 0.3 is 0 Å². The molecule has 3 heterocycles. The number of benzene rings is 2. The molecule has 0 fully saturated rings. The largest absolute Gasteiger partial charge is 0.488 e. The van der Waals surface area contributed by atoms with E-state index in [0.29, 0.717) is 24.0 Å². The molecule has 1 N–H and O–H groups in total. The number of hydrogen-bond donors (Lipinski definition) is 1. The van der Waals surface area contributed by atoms with Crippen molar-refractivity contribution in [3.05, 3.63) is 83.0 Å². The number of hydrogen-bond acceptors (Lipinski definition) is 5. The Morgan fingerprint density at radius 2 is 1.96 bits per heavy atom. The number of anilines is 1. The zero-order chi connectivity index (χ0) is 18.9. The van der Waals surface area contributed by atoms with Gasteiger partial charge in [0.1, 0.15) is 18.7 Å². The minimum atomic E-state index is -0.214. The van der Waals surface area contributed by atoms with Gasteiger partial charge in [-0.05, 0) is 23.8 Å². The van der Waals surface area contributed by atoms with Crippen LogP contribution < -0.4 is 10.1 Å². The van der Waals surface area contributed by atoms with E-state index in [1.807, 2.05) is 60.7 Å². The fourth-order valence-electron chi connectivity index (χ4n) is 3.17. The summed E-state index contributed by atoms with van der Waals surface area (Å²) in [6.45, 7) is 1.07. The Morgan fingerprint density at radius 1 is 1.14 bits per heavy atom. The average Bonchev–Trinajstić information content (AvgIpc) is 3.36. The first-order valence-electron chi connectivity index (χ1n) is 8.86. The Labute approximate surface area is 165 Å². The smallest absolute Gasteiger partial charge is 0.268 e. The number of nitrogens with zero attached hydrogens (tertiary/aromatic N) is 3. The summed E-state index contributed by atoms with van der Waals surface area (Å²) in [5, 5.41) is 7.13. The number of fused-ring (bicyclic) bond motifs is 3. The molecule has 4 aromatic rings. The summed E-state index contributed by atoms with van der Waals surface area (Å²) < 4.78 is 7.47. The fourth-order valence-corrected chi connectivity index (χ4v) is 4.27. The van der Waals surface area contributed by atoms with Gasteiger partial charge < -0.3 is 4.74 Å². The number of ether oxygens (including phenoxy) is 1. The summed E-state index contributed by atoms with van der Waals surface area (Å²) in [6.07, 6.45) is 1.62. The van der Waals surface area contributed by atoms with Gasteiger partial charge in [-0.15, -0.1) is 16.4 Å². The molecule has 0 atom stereocenters. The molecule has 1 aliphatic heterocycles. The van der Waals surface area contributed by atoms with Crippen molar-refractivity contribution >= 4 is 23.2 Å². The van der Waals surface area contributed by atoms with Crippen LogP contribution in [0.25, 0.3) is 10.4 Å². The van der Waals surface area contributed by atoms with Crippen molar-refractivity contribution in [2.24, 2.45) is 0 Å². The van der Waals surface area contributed by atoms with Gasteiger partial charge in [-0.1, -0.05) is 42.5 Å². The molecule has 0 bridgehead atoms. The summed E-state index contributed by atoms with van der Waals surface area (Å²) in [7, 11) is 0. The highest BCUT2D eigenvalue weighted by molar-refractivity contribution is 7.17. The van der Waals surface area contributed by atoms with E-state index in [1.54, 1.807) is 11.0 Å². The van der Waals surface area contributed by atoms with Gasteiger partial charge in [0.2, 0.25) is 5.95 Å². The molecule has 0 aliphatic carbocycles. The molecule has 28 heavy (non-hydrogen) atoms. The van der Waals surface area contributed by atoms with E-state index < -0.39 is 0 Å². The molecular formula is C21H16N4O2S. The van der Waals surface area contributed by atoms with Crippen LogP contribution in [0.15, 0.2) is 67.0 Å². The maximum atomic E-state index is 12.7. The SMILES string of the molecule is O=C(Nc1ncn(Cc2ccccc2)n1)c1cc2c(s1)-c1ccccc1OC2. The first-order chi connectivity index (χ1) is 13.8. The number of rotatable bonds is 4. The van der Waals surface area contributed by atoms with Crippen LogP contribution >= 0.6 is 11.3 Å². The summed E-state index contributed by atoms with van der Waals surface area (Å²) >= 11 is 1.46. The normalized spacial score (nSPS) is 12.0. The molecule has 6 nitrogen and oxygen atoms in total. The zero-order valence-electron chi connectivity index (χ0n) is 14.8. The quantitative estimate of drug-likeness (QED) is 0.569. The van der Waals surface area contributed by atoms with Gasteiger partial charge in [0.05, 0.1) is 11.4 Å². The van der Waals surface area contributed by atoms with Crippen molar-refractivity contribution in [3.63, 3.8) is 0 Å². The second-order valence-corrected chi connectivity index (χ2v) is 7.51. The third kappa shape index (κ3) is 3.16. The second-order valence-electron chi connectivity index (χ2n) is 6.46. The molecule has 0 unspecified atom stereocenters. The molecule has 0 saturated heterocycles. The number of nitrogens with one attached hydrogen (secondary N) is 1. The number of aromatic nitrogens is 3. The van der Waals surface area contributed by atoms with Crippen LogP contribution in [0.4, 0.5) is 5.95 Å². The van der Waals surface area contributed by atoms with Gasteiger partial charge in [0, 0.05) is 16.0 Å². The number of amides is 1. The fraction of sp³-hybridized carbons (Fsp3) is 0.0952. The lowest BCUT2D eigenvalue weighted by Gasteiger charge is -2.16. The molecule has 1 amide bonds. The Morgan fingerprint density at radius 3 is 2.86 bits per heavy atom. The van der Waals surface area contributed by atoms with E-state index in [2.05, 4.69) is 15.4 Å². The van der Waals surface area contributed by atoms with E-state index in [1.165, 1.54) is 11.3 Å². The van der Waals surface area contributed by atoms with E-state index in [4.69, 9.17) is 4.74 Å². The Kier molecular flexibility index (Phi) is 4.14. The highest BCUT2D eigenvalue weighted by Gasteiger charge is 2.22. The topological polar surface area (TPSA) is 69.0 Å². The lowest BCUT2D eigenvalue weighted by molar-refractivity contribution is 0.102. The van der Waals surface area contributed by atoms with Crippen molar-refractivity contribution in [1.29, 1.82) is 0 Å². The zero-order valence-corrected chi connectivity index (χ0v) is 15.6. The number of carbonyl (C=O) groups excluding carboxylic acids is 1. The minimum absolute atomic E-state index is 0.214. The summed E-state index contributed by atoms with van der Waals surface area (Å²) in [5.74, 6) is 0.934. The molecule has 7 heteroatoms. The predicted octanol–water partition coefficient (Wildman–Crippen LogP) is 4.20. The first-order valence-corrected chi connectivity index (χ1v) is 9.67. The molecule has 5 rings (SSSR count). The molecule has 138 valence electrons. The van der Waals surface area contributed by atoms with Crippen LogP contribution in [0.2, 0.25) is 0 Å². The van der Waals surface area contributed by atoms with Crippen molar-refractivity contribution in [2.75, 3.05) is 5.32 Å². The molecule has 2 aromatic carbocycles. The third-order valence-corrected chi connectivity index (χ3v) is 5.71. The second kappa shape index (κ2) is 6.94. The molecule has 0 spiro atoms. The Balaban J connectivity index is 1.33. The molecule has 2 aromatic heterocycles. The molecular weight excluding hydrogens is 372 g/mol. The standard InChI is InChI=1S/C21H16N4O2S/c26-20(23-21-22-13-25(24-21)11-14-6-2-1-3-7-14)18-10-15-12-27-17-9-5-4-8-16(17)19(15)28-18/h1-10,13H,11-12H2,(H,23,24,26). The van der Waals surface area contributed by atoms with E-state index >= 15 is 0 Å². The summed E-state index contributed by atoms with van der Waals surface area (Å²) in [5.41, 5.74) is 3.17. The minimum Gasteiger partial charge on any atom is -0.488 e. The molecule has 1 aliphatic rings. The van der Waals surface area contributed by atoms with Crippen molar-refractivity contribution in [3.8, 4) is 16.2 Å². The third-order valence-electron chi connectivity index (χ3n) is 4.50. The maximum absolute atomic E-state index is 12.7. The highest BCUT2D eigenvalue weighted by atomic mass is 32.1. The van der Waals surface area contributed by atoms with Gasteiger partial charge in [-0.2, -0.15) is 0 Å². The van der Waals surface area contributed by atoms with Crippen LogP contribution in [-0.4, -0.2) is 20.7 Å². The number of para-hydroxylation sites is 1. The van der Waals surface area contributed by atoms with Gasteiger partial charge in [-0.3, -0.25) is 10.1 Å². The van der Waals surface area contributed by atoms with Gasteiger partial charge in [-0.25, -0.2) is 9.67 Å². The van der Waals surface area contributed by atoms with E-state index in [-0.39, 0.29) is 5.91 Å². The Bertz CT molecular complexity index is 1150. The van der Waals surface area contributed by atoms with Crippen LogP contribution in [0.5, 0.6) is 5.75 Å².